The molecule has 1 unspecified atom stereocenters. The van der Waals surface area contributed by atoms with Gasteiger partial charge in [0.2, 0.25) is 0 Å². The summed E-state index contributed by atoms with van der Waals surface area (Å²) in [7, 11) is 0. The van der Waals surface area contributed by atoms with E-state index in [2.05, 4.69) is 6.92 Å². The monoisotopic (exact) mass is 250 g/mol. The molecule has 1 aliphatic carbocycles. The average Bonchev–Trinajstić information content (AvgIpc) is 2.97. The zero-order valence-electron chi connectivity index (χ0n) is 10.2. The Morgan fingerprint density at radius 2 is 2.12 bits per heavy atom. The summed E-state index contributed by atoms with van der Waals surface area (Å²) < 4.78 is 0. The molecular weight excluding hydrogens is 232 g/mol. The van der Waals surface area contributed by atoms with Crippen LogP contribution in [-0.4, -0.2) is 23.9 Å². The lowest BCUT2D eigenvalue weighted by Gasteiger charge is -2.17. The van der Waals surface area contributed by atoms with Crippen molar-refractivity contribution in [1.82, 2.24) is 4.90 Å². The predicted octanol–water partition coefficient (Wildman–Crippen LogP) is 2.62. The maximum absolute atomic E-state index is 12.5. The topological polar surface area (TPSA) is 46.3 Å². The fraction of sp³-hybridized carbons (Fsp3) is 0.615. The highest BCUT2D eigenvalue weighted by molar-refractivity contribution is 7.16. The summed E-state index contributed by atoms with van der Waals surface area (Å²) in [4.78, 5) is 15.8. The van der Waals surface area contributed by atoms with Crippen molar-refractivity contribution in [2.24, 2.45) is 0 Å². The molecule has 1 fully saturated rings. The predicted molar refractivity (Wildman–Crippen MR) is 70.6 cm³/mol. The van der Waals surface area contributed by atoms with Crippen molar-refractivity contribution in [2.75, 3.05) is 18.8 Å². The van der Waals surface area contributed by atoms with Crippen molar-refractivity contribution in [3.05, 3.63) is 16.0 Å². The normalized spacial score (nSPS) is 23.1. The lowest BCUT2D eigenvalue weighted by atomic mass is 10.0. The van der Waals surface area contributed by atoms with Gasteiger partial charge in [0.15, 0.2) is 0 Å². The van der Waals surface area contributed by atoms with Crippen LogP contribution in [0.15, 0.2) is 0 Å². The Hall–Kier alpha value is -1.03. The highest BCUT2D eigenvalue weighted by atomic mass is 32.1. The van der Waals surface area contributed by atoms with Gasteiger partial charge in [0, 0.05) is 18.0 Å². The Labute approximate surface area is 106 Å². The lowest BCUT2D eigenvalue weighted by Crippen LogP contribution is -2.28. The lowest BCUT2D eigenvalue weighted by molar-refractivity contribution is 0.0793. The van der Waals surface area contributed by atoms with Gasteiger partial charge in [-0.3, -0.25) is 4.79 Å². The van der Waals surface area contributed by atoms with E-state index in [1.807, 2.05) is 4.90 Å². The molecule has 1 atom stereocenters. The molecule has 3 rings (SSSR count). The van der Waals surface area contributed by atoms with E-state index >= 15 is 0 Å². The highest BCUT2D eigenvalue weighted by Gasteiger charge is 2.32. The van der Waals surface area contributed by atoms with E-state index in [0.717, 1.165) is 42.9 Å². The van der Waals surface area contributed by atoms with Gasteiger partial charge in [-0.05, 0) is 37.2 Å². The number of anilines is 1. The summed E-state index contributed by atoms with van der Waals surface area (Å²) in [5, 5.41) is 0.735. The Bertz CT molecular complexity index is 460. The van der Waals surface area contributed by atoms with Crippen molar-refractivity contribution >= 4 is 22.2 Å². The Kier molecular flexibility index (Phi) is 2.62. The number of hydrogen-bond donors (Lipinski definition) is 1. The quantitative estimate of drug-likeness (QED) is 0.832. The largest absolute Gasteiger partial charge is 0.390 e. The molecule has 1 aromatic heterocycles. The van der Waals surface area contributed by atoms with Crippen LogP contribution in [-0.2, 0) is 6.42 Å². The van der Waals surface area contributed by atoms with Gasteiger partial charge in [-0.1, -0.05) is 6.92 Å². The van der Waals surface area contributed by atoms with Gasteiger partial charge in [0.05, 0.1) is 10.6 Å². The van der Waals surface area contributed by atoms with E-state index in [1.54, 1.807) is 11.3 Å². The van der Waals surface area contributed by atoms with E-state index in [0.29, 0.717) is 5.92 Å². The number of nitrogens with zero attached hydrogens (tertiary/aromatic N) is 1. The molecular formula is C13H18N2OS. The Balaban J connectivity index is 1.99. The fourth-order valence-corrected chi connectivity index (χ4v) is 4.21. The van der Waals surface area contributed by atoms with E-state index in [-0.39, 0.29) is 5.91 Å². The molecule has 1 aromatic rings. The van der Waals surface area contributed by atoms with E-state index in [9.17, 15) is 4.79 Å². The maximum atomic E-state index is 12.5. The number of carbonyl (C=O) groups is 1. The van der Waals surface area contributed by atoms with Gasteiger partial charge in [-0.2, -0.15) is 0 Å². The minimum Gasteiger partial charge on any atom is -0.390 e. The third kappa shape index (κ3) is 1.66. The van der Waals surface area contributed by atoms with E-state index in [1.165, 1.54) is 16.9 Å². The number of aryl methyl sites for hydroxylation is 1. The first-order valence-electron chi connectivity index (χ1n) is 6.38. The number of amides is 1. The number of likely N-dealkylation sites (tertiary alicyclic amines) is 1. The number of carbonyl (C=O) groups excluding carboxylic acids is 1. The molecule has 2 N–H and O–H groups in total. The molecule has 1 aliphatic heterocycles. The van der Waals surface area contributed by atoms with Crippen molar-refractivity contribution in [1.29, 1.82) is 0 Å². The molecule has 1 amide bonds. The fourth-order valence-electron chi connectivity index (χ4n) is 3.01. The number of rotatable bonds is 1. The molecule has 0 aromatic carbocycles. The second-order valence-electron chi connectivity index (χ2n) is 5.12. The smallest absolute Gasteiger partial charge is 0.257 e. The Morgan fingerprint density at radius 3 is 2.82 bits per heavy atom. The molecule has 4 heteroatoms. The maximum Gasteiger partial charge on any atom is 0.257 e. The van der Waals surface area contributed by atoms with Gasteiger partial charge in [-0.25, -0.2) is 0 Å². The summed E-state index contributed by atoms with van der Waals surface area (Å²) >= 11 is 1.62. The first-order valence-corrected chi connectivity index (χ1v) is 7.20. The summed E-state index contributed by atoms with van der Waals surface area (Å²) in [5.41, 5.74) is 8.14. The highest BCUT2D eigenvalue weighted by Crippen LogP contribution is 2.44. The molecule has 2 aliphatic rings. The van der Waals surface area contributed by atoms with Crippen molar-refractivity contribution in [2.45, 2.75) is 38.5 Å². The molecule has 92 valence electrons. The number of hydrogen-bond acceptors (Lipinski definition) is 3. The van der Waals surface area contributed by atoms with Crippen molar-refractivity contribution in [3.63, 3.8) is 0 Å². The minimum atomic E-state index is 0.172. The molecule has 0 bridgehead atoms. The van der Waals surface area contributed by atoms with Crippen LogP contribution in [0.2, 0.25) is 0 Å². The Morgan fingerprint density at radius 1 is 1.41 bits per heavy atom. The molecule has 1 saturated heterocycles. The molecule has 17 heavy (non-hydrogen) atoms. The van der Waals surface area contributed by atoms with Crippen LogP contribution in [0.3, 0.4) is 0 Å². The zero-order chi connectivity index (χ0) is 12.0. The van der Waals surface area contributed by atoms with Crippen LogP contribution in [0.25, 0.3) is 0 Å². The van der Waals surface area contributed by atoms with E-state index in [4.69, 9.17) is 5.73 Å². The minimum absolute atomic E-state index is 0.172. The summed E-state index contributed by atoms with van der Waals surface area (Å²) in [6.07, 6.45) is 4.53. The second kappa shape index (κ2) is 4.02. The number of fused-ring (bicyclic) bond motifs is 1. The number of nitrogen functional groups attached to an aromatic ring is 1. The molecule has 2 heterocycles. The van der Waals surface area contributed by atoms with Crippen LogP contribution in [0.5, 0.6) is 0 Å². The van der Waals surface area contributed by atoms with E-state index < -0.39 is 0 Å². The van der Waals surface area contributed by atoms with Gasteiger partial charge >= 0.3 is 0 Å². The second-order valence-corrected chi connectivity index (χ2v) is 6.25. The first kappa shape index (κ1) is 11.1. The molecule has 0 radical (unpaired) electrons. The summed E-state index contributed by atoms with van der Waals surface area (Å²) in [6, 6.07) is 0. The van der Waals surface area contributed by atoms with Gasteiger partial charge in [0.25, 0.3) is 5.91 Å². The molecule has 0 saturated carbocycles. The molecule has 3 nitrogen and oxygen atoms in total. The van der Waals surface area contributed by atoms with Crippen LogP contribution in [0.4, 0.5) is 5.00 Å². The number of thiophene rings is 1. The van der Waals surface area contributed by atoms with Crippen LogP contribution < -0.4 is 5.73 Å². The van der Waals surface area contributed by atoms with Gasteiger partial charge in [-0.15, -0.1) is 11.3 Å². The third-order valence-electron chi connectivity index (χ3n) is 3.95. The van der Waals surface area contributed by atoms with Crippen molar-refractivity contribution < 1.29 is 4.79 Å². The summed E-state index contributed by atoms with van der Waals surface area (Å²) in [5.74, 6) is 0.673. The molecule has 0 spiro atoms. The standard InChI is InChI=1S/C13H18N2OS/c1-8-4-5-9-10(8)11(12(14)17-9)13(16)15-6-2-3-7-15/h8H,2-7,14H2,1H3. The van der Waals surface area contributed by atoms with Gasteiger partial charge in [0.1, 0.15) is 0 Å². The van der Waals surface area contributed by atoms with Gasteiger partial charge < -0.3 is 10.6 Å². The first-order chi connectivity index (χ1) is 8.18. The summed E-state index contributed by atoms with van der Waals surface area (Å²) in [6.45, 7) is 4.01. The van der Waals surface area contributed by atoms with Crippen LogP contribution >= 0.6 is 11.3 Å². The van der Waals surface area contributed by atoms with Crippen molar-refractivity contribution in [3.8, 4) is 0 Å². The van der Waals surface area contributed by atoms with Crippen LogP contribution in [0.1, 0.15) is 52.9 Å². The SMILES string of the molecule is CC1CCc2sc(N)c(C(=O)N3CCCC3)c21. The number of nitrogens with two attached hydrogens (primary N) is 1. The zero-order valence-corrected chi connectivity index (χ0v) is 11.0. The van der Waals surface area contributed by atoms with Crippen LogP contribution in [0, 0.1) is 0 Å². The third-order valence-corrected chi connectivity index (χ3v) is 5.05. The average molecular weight is 250 g/mol.